The first-order valence-electron chi connectivity index (χ1n) is 6.76. The van der Waals surface area contributed by atoms with Gasteiger partial charge in [-0.2, -0.15) is 0 Å². The van der Waals surface area contributed by atoms with Gasteiger partial charge in [0.2, 0.25) is 0 Å². The molecular weight excluding hydrogens is 227 g/mol. The van der Waals surface area contributed by atoms with Gasteiger partial charge in [0.15, 0.2) is 0 Å². The van der Waals surface area contributed by atoms with E-state index in [2.05, 4.69) is 10.6 Å². The van der Waals surface area contributed by atoms with Crippen LogP contribution >= 0.6 is 0 Å². The summed E-state index contributed by atoms with van der Waals surface area (Å²) < 4.78 is 13.1. The summed E-state index contributed by atoms with van der Waals surface area (Å²) in [6, 6.07) is 5.34. The molecule has 1 aromatic carbocycles. The van der Waals surface area contributed by atoms with E-state index in [1.54, 1.807) is 6.07 Å². The van der Waals surface area contributed by atoms with E-state index < -0.39 is 0 Å². The van der Waals surface area contributed by atoms with Crippen LogP contribution in [0.25, 0.3) is 0 Å². The maximum Gasteiger partial charge on any atom is 0.126 e. The zero-order valence-corrected chi connectivity index (χ0v) is 11.4. The van der Waals surface area contributed by atoms with Gasteiger partial charge < -0.3 is 10.6 Å². The van der Waals surface area contributed by atoms with Crippen LogP contribution in [0.5, 0.6) is 0 Å². The fourth-order valence-corrected chi connectivity index (χ4v) is 2.76. The lowest BCUT2D eigenvalue weighted by Crippen LogP contribution is -2.46. The highest BCUT2D eigenvalue weighted by Crippen LogP contribution is 2.39. The second kappa shape index (κ2) is 5.81. The van der Waals surface area contributed by atoms with Gasteiger partial charge in [-0.1, -0.05) is 18.6 Å². The first-order chi connectivity index (χ1) is 8.65. The normalized spacial score (nSPS) is 17.5. The molecule has 1 aromatic rings. The van der Waals surface area contributed by atoms with E-state index in [0.717, 1.165) is 30.8 Å². The molecule has 0 amide bonds. The molecule has 1 saturated carbocycles. The van der Waals surface area contributed by atoms with Crippen LogP contribution in [0.2, 0.25) is 0 Å². The maximum absolute atomic E-state index is 13.1. The molecule has 2 nitrogen and oxygen atoms in total. The largest absolute Gasteiger partial charge is 0.319 e. The molecule has 0 spiro atoms. The van der Waals surface area contributed by atoms with Crippen molar-refractivity contribution in [1.29, 1.82) is 0 Å². The molecule has 0 unspecified atom stereocenters. The Kier molecular flexibility index (Phi) is 4.36. The molecule has 18 heavy (non-hydrogen) atoms. The predicted molar refractivity (Wildman–Crippen MR) is 73.1 cm³/mol. The third kappa shape index (κ3) is 3.09. The van der Waals surface area contributed by atoms with Crippen molar-refractivity contribution in [1.82, 2.24) is 10.6 Å². The zero-order chi connectivity index (χ0) is 13.0. The molecule has 0 heterocycles. The summed E-state index contributed by atoms with van der Waals surface area (Å²) in [5.74, 6) is -0.121. The molecule has 1 aliphatic rings. The topological polar surface area (TPSA) is 24.1 Å². The van der Waals surface area contributed by atoms with Crippen molar-refractivity contribution in [2.24, 2.45) is 5.41 Å². The van der Waals surface area contributed by atoms with Crippen molar-refractivity contribution < 1.29 is 4.39 Å². The standard InChI is InChI=1S/C15H23FN2/c1-12-8-13(4-5-14(12)16)9-18-11-15(10-17-2)6-3-7-15/h4-5,8,17-18H,3,6-7,9-11H2,1-2H3. The van der Waals surface area contributed by atoms with E-state index in [9.17, 15) is 4.39 Å². The maximum atomic E-state index is 13.1. The summed E-state index contributed by atoms with van der Waals surface area (Å²) in [6.07, 6.45) is 3.96. The number of aryl methyl sites for hydroxylation is 1. The van der Waals surface area contributed by atoms with Crippen LogP contribution in [-0.4, -0.2) is 20.1 Å². The number of rotatable bonds is 6. The lowest BCUT2D eigenvalue weighted by atomic mass is 9.68. The minimum Gasteiger partial charge on any atom is -0.319 e. The summed E-state index contributed by atoms with van der Waals surface area (Å²) in [5.41, 5.74) is 2.33. The van der Waals surface area contributed by atoms with Crippen LogP contribution in [0.15, 0.2) is 18.2 Å². The number of hydrogen-bond acceptors (Lipinski definition) is 2. The first-order valence-corrected chi connectivity index (χ1v) is 6.76. The summed E-state index contributed by atoms with van der Waals surface area (Å²) >= 11 is 0. The highest BCUT2D eigenvalue weighted by molar-refractivity contribution is 5.23. The van der Waals surface area contributed by atoms with Crippen molar-refractivity contribution in [3.05, 3.63) is 35.1 Å². The monoisotopic (exact) mass is 250 g/mol. The molecule has 1 aliphatic carbocycles. The fraction of sp³-hybridized carbons (Fsp3) is 0.600. The Morgan fingerprint density at radius 1 is 1.28 bits per heavy atom. The molecule has 100 valence electrons. The predicted octanol–water partition coefficient (Wildman–Crippen LogP) is 2.61. The van der Waals surface area contributed by atoms with E-state index in [1.165, 1.54) is 19.3 Å². The molecule has 0 aromatic heterocycles. The molecule has 0 bridgehead atoms. The molecular formula is C15H23FN2. The fourth-order valence-electron chi connectivity index (χ4n) is 2.76. The van der Waals surface area contributed by atoms with E-state index in [1.807, 2.05) is 26.1 Å². The molecule has 0 saturated heterocycles. The van der Waals surface area contributed by atoms with E-state index in [-0.39, 0.29) is 5.82 Å². The lowest BCUT2D eigenvalue weighted by molar-refractivity contribution is 0.130. The van der Waals surface area contributed by atoms with Gasteiger partial charge in [-0.3, -0.25) is 0 Å². The Labute approximate surface area is 109 Å². The summed E-state index contributed by atoms with van der Waals surface area (Å²) in [6.45, 7) is 4.77. The van der Waals surface area contributed by atoms with Gasteiger partial charge >= 0.3 is 0 Å². The average molecular weight is 250 g/mol. The van der Waals surface area contributed by atoms with Crippen molar-refractivity contribution in [3.8, 4) is 0 Å². The van der Waals surface area contributed by atoms with Crippen LogP contribution in [-0.2, 0) is 6.54 Å². The van der Waals surface area contributed by atoms with Crippen molar-refractivity contribution >= 4 is 0 Å². The molecule has 0 aliphatic heterocycles. The number of hydrogen-bond donors (Lipinski definition) is 2. The summed E-state index contributed by atoms with van der Waals surface area (Å²) in [7, 11) is 2.02. The number of nitrogens with one attached hydrogen (secondary N) is 2. The van der Waals surface area contributed by atoms with Gasteiger partial charge in [-0.25, -0.2) is 4.39 Å². The van der Waals surface area contributed by atoms with Crippen molar-refractivity contribution in [2.75, 3.05) is 20.1 Å². The third-order valence-corrected chi connectivity index (χ3v) is 4.02. The first kappa shape index (κ1) is 13.5. The highest BCUT2D eigenvalue weighted by Gasteiger charge is 2.35. The van der Waals surface area contributed by atoms with E-state index >= 15 is 0 Å². The van der Waals surface area contributed by atoms with Gasteiger partial charge in [0.25, 0.3) is 0 Å². The number of benzene rings is 1. The quantitative estimate of drug-likeness (QED) is 0.811. The van der Waals surface area contributed by atoms with Crippen molar-refractivity contribution in [3.63, 3.8) is 0 Å². The van der Waals surface area contributed by atoms with Crippen LogP contribution in [0.4, 0.5) is 4.39 Å². The van der Waals surface area contributed by atoms with Gasteiger partial charge in [0.1, 0.15) is 5.82 Å². The third-order valence-electron chi connectivity index (χ3n) is 4.02. The molecule has 0 atom stereocenters. The van der Waals surface area contributed by atoms with Crippen LogP contribution in [0.1, 0.15) is 30.4 Å². The van der Waals surface area contributed by atoms with Crippen LogP contribution in [0, 0.1) is 18.2 Å². The molecule has 1 fully saturated rings. The second-order valence-corrected chi connectivity index (χ2v) is 5.57. The SMILES string of the molecule is CNCC1(CNCc2ccc(F)c(C)c2)CCC1. The average Bonchev–Trinajstić information content (AvgIpc) is 2.30. The van der Waals surface area contributed by atoms with Gasteiger partial charge in [-0.15, -0.1) is 0 Å². The summed E-state index contributed by atoms with van der Waals surface area (Å²) in [4.78, 5) is 0. The highest BCUT2D eigenvalue weighted by atomic mass is 19.1. The second-order valence-electron chi connectivity index (χ2n) is 5.57. The van der Waals surface area contributed by atoms with Gasteiger partial charge in [0.05, 0.1) is 0 Å². The number of halogens is 1. The minimum absolute atomic E-state index is 0.121. The molecule has 3 heteroatoms. The van der Waals surface area contributed by atoms with Crippen molar-refractivity contribution in [2.45, 2.75) is 32.7 Å². The van der Waals surface area contributed by atoms with Crippen LogP contribution in [0.3, 0.4) is 0 Å². The Hall–Kier alpha value is -0.930. The smallest absolute Gasteiger partial charge is 0.126 e. The van der Waals surface area contributed by atoms with E-state index in [0.29, 0.717) is 5.41 Å². The Bertz CT molecular complexity index is 399. The Balaban J connectivity index is 1.82. The lowest BCUT2D eigenvalue weighted by Gasteiger charge is -2.42. The summed E-state index contributed by atoms with van der Waals surface area (Å²) in [5, 5.41) is 6.80. The van der Waals surface area contributed by atoms with E-state index in [4.69, 9.17) is 0 Å². The Morgan fingerprint density at radius 2 is 2.06 bits per heavy atom. The van der Waals surface area contributed by atoms with Crippen LogP contribution < -0.4 is 10.6 Å². The Morgan fingerprint density at radius 3 is 2.61 bits per heavy atom. The van der Waals surface area contributed by atoms with Gasteiger partial charge in [-0.05, 0) is 49.4 Å². The minimum atomic E-state index is -0.121. The molecule has 2 rings (SSSR count). The molecule has 0 radical (unpaired) electrons. The molecule has 2 N–H and O–H groups in total. The van der Waals surface area contributed by atoms with Gasteiger partial charge in [0, 0.05) is 19.6 Å². The zero-order valence-electron chi connectivity index (χ0n) is 11.4.